The summed E-state index contributed by atoms with van der Waals surface area (Å²) in [6, 6.07) is 11.3. The van der Waals surface area contributed by atoms with Gasteiger partial charge in [-0.2, -0.15) is 5.10 Å². The van der Waals surface area contributed by atoms with Gasteiger partial charge in [0.2, 0.25) is 0 Å². The molecule has 7 heteroatoms. The third-order valence-corrected chi connectivity index (χ3v) is 3.04. The van der Waals surface area contributed by atoms with E-state index in [2.05, 4.69) is 10.5 Å². The molecule has 0 bridgehead atoms. The number of ether oxygens (including phenoxy) is 1. The van der Waals surface area contributed by atoms with Crippen molar-refractivity contribution in [3.63, 3.8) is 0 Å². The molecule has 0 heterocycles. The lowest BCUT2D eigenvalue weighted by molar-refractivity contribution is -0.384. The number of nitro groups is 1. The summed E-state index contributed by atoms with van der Waals surface area (Å²) in [7, 11) is 0. The Labute approximate surface area is 132 Å². The first-order valence-corrected chi connectivity index (χ1v) is 6.94. The molecule has 0 aliphatic heterocycles. The van der Waals surface area contributed by atoms with Gasteiger partial charge in [0, 0.05) is 12.1 Å². The zero-order valence-electron chi connectivity index (χ0n) is 11.8. The lowest BCUT2D eigenvalue weighted by Gasteiger charge is -2.05. The molecule has 0 spiro atoms. The number of hydrogen-bond acceptors (Lipinski definition) is 5. The van der Waals surface area contributed by atoms with E-state index in [1.165, 1.54) is 12.1 Å². The lowest BCUT2D eigenvalue weighted by Crippen LogP contribution is -1.94. The number of halogens is 1. The van der Waals surface area contributed by atoms with Gasteiger partial charge >= 0.3 is 0 Å². The standard InChI is InChI=1S/C15H14ClN3O3/c1-2-22-15-8-3-11(9-14(15)16)10-17-18-12-4-6-13(7-5-12)19(20)21/h3-10,18H,2H2,1H3/b17-10+. The summed E-state index contributed by atoms with van der Waals surface area (Å²) in [5.41, 5.74) is 4.29. The fourth-order valence-corrected chi connectivity index (χ4v) is 1.95. The molecule has 2 aromatic carbocycles. The molecule has 0 aliphatic rings. The molecule has 0 fully saturated rings. The summed E-state index contributed by atoms with van der Waals surface area (Å²) in [5, 5.41) is 15.1. The van der Waals surface area contributed by atoms with Gasteiger partial charge in [-0.05, 0) is 42.8 Å². The van der Waals surface area contributed by atoms with E-state index in [0.29, 0.717) is 23.1 Å². The molecule has 0 aromatic heterocycles. The summed E-state index contributed by atoms with van der Waals surface area (Å²) < 4.78 is 5.35. The van der Waals surface area contributed by atoms with E-state index in [1.54, 1.807) is 30.5 Å². The zero-order chi connectivity index (χ0) is 15.9. The minimum Gasteiger partial charge on any atom is -0.492 e. The van der Waals surface area contributed by atoms with Gasteiger partial charge in [0.15, 0.2) is 0 Å². The average Bonchev–Trinajstić information content (AvgIpc) is 2.50. The van der Waals surface area contributed by atoms with Gasteiger partial charge in [-0.3, -0.25) is 15.5 Å². The Morgan fingerprint density at radius 1 is 1.32 bits per heavy atom. The maximum atomic E-state index is 10.6. The number of anilines is 1. The van der Waals surface area contributed by atoms with Gasteiger partial charge in [0.25, 0.3) is 5.69 Å². The number of rotatable bonds is 6. The molecule has 0 atom stereocenters. The summed E-state index contributed by atoms with van der Waals surface area (Å²) in [5.74, 6) is 0.629. The van der Waals surface area contributed by atoms with Crippen LogP contribution >= 0.6 is 11.6 Å². The van der Waals surface area contributed by atoms with Gasteiger partial charge < -0.3 is 4.74 Å². The highest BCUT2D eigenvalue weighted by atomic mass is 35.5. The third kappa shape index (κ3) is 4.20. The Kier molecular flexibility index (Phi) is 5.32. The summed E-state index contributed by atoms with van der Waals surface area (Å²) >= 11 is 6.08. The fourth-order valence-electron chi connectivity index (χ4n) is 1.71. The Morgan fingerprint density at radius 3 is 2.64 bits per heavy atom. The van der Waals surface area contributed by atoms with Crippen molar-refractivity contribution in [1.82, 2.24) is 0 Å². The van der Waals surface area contributed by atoms with Gasteiger partial charge in [-0.15, -0.1) is 0 Å². The first-order chi connectivity index (χ1) is 10.6. The normalized spacial score (nSPS) is 10.6. The molecule has 0 unspecified atom stereocenters. The molecule has 1 N–H and O–H groups in total. The Balaban J connectivity index is 2.00. The minimum absolute atomic E-state index is 0.0350. The first-order valence-electron chi connectivity index (χ1n) is 6.56. The second kappa shape index (κ2) is 7.42. The number of nitrogens with one attached hydrogen (secondary N) is 1. The Bertz CT molecular complexity index is 687. The highest BCUT2D eigenvalue weighted by Crippen LogP contribution is 2.24. The van der Waals surface area contributed by atoms with Crippen LogP contribution in [0.4, 0.5) is 11.4 Å². The molecule has 0 saturated heterocycles. The lowest BCUT2D eigenvalue weighted by atomic mass is 10.2. The van der Waals surface area contributed by atoms with Crippen molar-refractivity contribution >= 4 is 29.2 Å². The van der Waals surface area contributed by atoms with E-state index in [9.17, 15) is 10.1 Å². The van der Waals surface area contributed by atoms with E-state index < -0.39 is 4.92 Å². The van der Waals surface area contributed by atoms with Crippen molar-refractivity contribution in [2.24, 2.45) is 5.10 Å². The van der Waals surface area contributed by atoms with Crippen LogP contribution in [0.15, 0.2) is 47.6 Å². The van der Waals surface area contributed by atoms with Crippen molar-refractivity contribution in [2.75, 3.05) is 12.0 Å². The van der Waals surface area contributed by atoms with Crippen molar-refractivity contribution in [2.45, 2.75) is 6.92 Å². The fraction of sp³-hybridized carbons (Fsp3) is 0.133. The quantitative estimate of drug-likeness (QED) is 0.494. The highest BCUT2D eigenvalue weighted by molar-refractivity contribution is 6.32. The molecule has 0 radical (unpaired) electrons. The Hall–Kier alpha value is -2.60. The molecule has 2 aromatic rings. The Morgan fingerprint density at radius 2 is 2.05 bits per heavy atom. The monoisotopic (exact) mass is 319 g/mol. The van der Waals surface area contributed by atoms with E-state index in [4.69, 9.17) is 16.3 Å². The van der Waals surface area contributed by atoms with Crippen molar-refractivity contribution in [1.29, 1.82) is 0 Å². The van der Waals surface area contributed by atoms with Gasteiger partial charge in [0.1, 0.15) is 5.75 Å². The van der Waals surface area contributed by atoms with Gasteiger partial charge in [0.05, 0.1) is 28.5 Å². The molecule has 114 valence electrons. The molecule has 0 aliphatic carbocycles. The average molecular weight is 320 g/mol. The van der Waals surface area contributed by atoms with E-state index in [0.717, 1.165) is 5.56 Å². The van der Waals surface area contributed by atoms with Crippen LogP contribution in [-0.4, -0.2) is 17.7 Å². The van der Waals surface area contributed by atoms with Crippen LogP contribution in [0.3, 0.4) is 0 Å². The molecule has 22 heavy (non-hydrogen) atoms. The maximum Gasteiger partial charge on any atom is 0.269 e. The minimum atomic E-state index is -0.449. The molecular weight excluding hydrogens is 306 g/mol. The van der Waals surface area contributed by atoms with Crippen LogP contribution in [0.5, 0.6) is 5.75 Å². The third-order valence-electron chi connectivity index (χ3n) is 2.74. The van der Waals surface area contributed by atoms with Crippen LogP contribution in [0.25, 0.3) is 0 Å². The predicted molar refractivity (Wildman–Crippen MR) is 86.9 cm³/mol. The highest BCUT2D eigenvalue weighted by Gasteiger charge is 2.03. The zero-order valence-corrected chi connectivity index (χ0v) is 12.6. The number of benzene rings is 2. The summed E-state index contributed by atoms with van der Waals surface area (Å²) in [6.07, 6.45) is 1.60. The summed E-state index contributed by atoms with van der Waals surface area (Å²) in [6.45, 7) is 2.44. The molecule has 0 saturated carbocycles. The maximum absolute atomic E-state index is 10.6. The molecule has 2 rings (SSSR count). The largest absolute Gasteiger partial charge is 0.492 e. The number of hydrogen-bond donors (Lipinski definition) is 1. The van der Waals surface area contributed by atoms with Crippen molar-refractivity contribution < 1.29 is 9.66 Å². The van der Waals surface area contributed by atoms with E-state index >= 15 is 0 Å². The predicted octanol–water partition coefficient (Wildman–Crippen LogP) is 4.09. The molecule has 6 nitrogen and oxygen atoms in total. The molecular formula is C15H14ClN3O3. The smallest absolute Gasteiger partial charge is 0.269 e. The topological polar surface area (TPSA) is 76.8 Å². The van der Waals surface area contributed by atoms with Crippen LogP contribution in [0.2, 0.25) is 5.02 Å². The number of hydrazone groups is 1. The van der Waals surface area contributed by atoms with Crippen molar-refractivity contribution in [3.8, 4) is 5.75 Å². The van der Waals surface area contributed by atoms with Gasteiger partial charge in [-0.1, -0.05) is 11.6 Å². The van der Waals surface area contributed by atoms with Crippen LogP contribution < -0.4 is 10.2 Å². The van der Waals surface area contributed by atoms with Crippen molar-refractivity contribution in [3.05, 3.63) is 63.2 Å². The van der Waals surface area contributed by atoms with Crippen LogP contribution in [-0.2, 0) is 0 Å². The second-order valence-electron chi connectivity index (χ2n) is 4.30. The second-order valence-corrected chi connectivity index (χ2v) is 4.70. The van der Waals surface area contributed by atoms with E-state index in [1.807, 2.05) is 13.0 Å². The number of non-ortho nitro benzene ring substituents is 1. The van der Waals surface area contributed by atoms with Crippen LogP contribution in [0, 0.1) is 10.1 Å². The SMILES string of the molecule is CCOc1ccc(/C=N/Nc2ccc([N+](=O)[O-])cc2)cc1Cl. The van der Waals surface area contributed by atoms with Gasteiger partial charge in [-0.25, -0.2) is 0 Å². The van der Waals surface area contributed by atoms with Crippen LogP contribution in [0.1, 0.15) is 12.5 Å². The number of nitrogens with zero attached hydrogens (tertiary/aromatic N) is 2. The molecule has 0 amide bonds. The first kappa shape index (κ1) is 15.8. The summed E-state index contributed by atoms with van der Waals surface area (Å²) in [4.78, 5) is 10.1. The van der Waals surface area contributed by atoms with E-state index in [-0.39, 0.29) is 5.69 Å². The number of nitro benzene ring substituents is 1.